The van der Waals surface area contributed by atoms with E-state index in [0.29, 0.717) is 25.7 Å². The number of unbranched alkanes of at least 4 members (excludes halogenated alkanes) is 23. The Kier molecular flexibility index (Phi) is 37.3. The molecule has 1 amide bonds. The Morgan fingerprint density at radius 3 is 1.04 bits per heavy atom. The molecule has 2 atom stereocenters. The van der Waals surface area contributed by atoms with Gasteiger partial charge in [-0.05, 0) is 44.9 Å². The van der Waals surface area contributed by atoms with Crippen molar-refractivity contribution in [1.29, 1.82) is 0 Å². The van der Waals surface area contributed by atoms with Crippen molar-refractivity contribution in [1.82, 2.24) is 4.90 Å². The highest BCUT2D eigenvalue weighted by molar-refractivity contribution is 5.77. The summed E-state index contributed by atoms with van der Waals surface area (Å²) in [6.45, 7) is 8.36. The van der Waals surface area contributed by atoms with Gasteiger partial charge in [0.1, 0.15) is 12.2 Å². The van der Waals surface area contributed by atoms with Crippen LogP contribution in [0, 0.1) is 0 Å². The molecule has 0 aliphatic heterocycles. The maximum atomic E-state index is 13.4. The summed E-state index contributed by atoms with van der Waals surface area (Å²) in [5.74, 6) is -3.20. The van der Waals surface area contributed by atoms with Crippen LogP contribution in [0.5, 0.6) is 0 Å². The molecule has 0 saturated heterocycles. The standard InChI is InChI=1S/C46H85NO9/c1-4-7-10-13-16-18-24-29-38-47(39-30-25-19-17-14-11-8-5-2)42(48)33-28-23-20-22-27-32-41(56-46(54)37-35-44(51)52)40(31-26-21-15-12-9-6-3)55-45(53)36-34-43(49)50/h40-41H,4-39H2,1-3H3,(H,49,50)(H,51,52). The molecular weight excluding hydrogens is 711 g/mol. The molecular formula is C46H85NO9. The molecule has 0 spiro atoms. The molecule has 2 N–H and O–H groups in total. The van der Waals surface area contributed by atoms with E-state index in [1.807, 2.05) is 0 Å². The molecule has 0 rings (SSSR count). The highest BCUT2D eigenvalue weighted by Crippen LogP contribution is 2.22. The minimum absolute atomic E-state index is 0.267. The van der Waals surface area contributed by atoms with Gasteiger partial charge in [0.05, 0.1) is 25.7 Å². The van der Waals surface area contributed by atoms with Crippen molar-refractivity contribution in [3.05, 3.63) is 0 Å². The van der Waals surface area contributed by atoms with E-state index < -0.39 is 36.1 Å². The smallest absolute Gasteiger partial charge is 0.306 e. The molecule has 0 aliphatic carbocycles. The molecule has 0 aliphatic rings. The third-order valence-corrected chi connectivity index (χ3v) is 10.7. The second kappa shape index (κ2) is 39.2. The monoisotopic (exact) mass is 796 g/mol. The number of carbonyl (C=O) groups is 5. The van der Waals surface area contributed by atoms with Gasteiger partial charge in [-0.25, -0.2) is 0 Å². The molecule has 10 nitrogen and oxygen atoms in total. The van der Waals surface area contributed by atoms with Crippen LogP contribution in [0.1, 0.15) is 239 Å². The van der Waals surface area contributed by atoms with Crippen LogP contribution < -0.4 is 0 Å². The molecule has 0 heterocycles. The number of nitrogens with zero attached hydrogens (tertiary/aromatic N) is 1. The minimum atomic E-state index is -1.09. The summed E-state index contributed by atoms with van der Waals surface area (Å²) in [6.07, 6.45) is 29.3. The van der Waals surface area contributed by atoms with E-state index in [1.54, 1.807) is 0 Å². The van der Waals surface area contributed by atoms with Gasteiger partial charge in [-0.2, -0.15) is 0 Å². The molecule has 0 aromatic heterocycles. The van der Waals surface area contributed by atoms with Gasteiger partial charge in [-0.1, -0.05) is 162 Å². The fourth-order valence-corrected chi connectivity index (χ4v) is 7.19. The third kappa shape index (κ3) is 34.6. The highest BCUT2D eigenvalue weighted by atomic mass is 16.6. The number of carboxylic acid groups (broad SMARTS) is 2. The van der Waals surface area contributed by atoms with Crippen molar-refractivity contribution in [2.24, 2.45) is 0 Å². The van der Waals surface area contributed by atoms with E-state index in [-0.39, 0.29) is 31.6 Å². The number of esters is 2. The fraction of sp³-hybridized carbons (Fsp3) is 0.891. The van der Waals surface area contributed by atoms with E-state index in [2.05, 4.69) is 25.7 Å². The molecule has 0 saturated carbocycles. The largest absolute Gasteiger partial charge is 0.481 e. The normalized spacial score (nSPS) is 12.3. The molecule has 328 valence electrons. The lowest BCUT2D eigenvalue weighted by Gasteiger charge is -2.27. The van der Waals surface area contributed by atoms with Crippen molar-refractivity contribution in [3.8, 4) is 0 Å². The van der Waals surface area contributed by atoms with Crippen molar-refractivity contribution in [2.45, 2.75) is 251 Å². The zero-order valence-electron chi connectivity index (χ0n) is 36.3. The molecule has 0 aromatic carbocycles. The zero-order chi connectivity index (χ0) is 41.5. The van der Waals surface area contributed by atoms with E-state index in [4.69, 9.17) is 19.7 Å². The van der Waals surface area contributed by atoms with Crippen molar-refractivity contribution in [3.63, 3.8) is 0 Å². The number of ether oxygens (including phenoxy) is 2. The van der Waals surface area contributed by atoms with Crippen LogP contribution >= 0.6 is 0 Å². The topological polar surface area (TPSA) is 148 Å². The molecule has 0 bridgehead atoms. The molecule has 0 radical (unpaired) electrons. The predicted molar refractivity (Wildman–Crippen MR) is 226 cm³/mol. The SMILES string of the molecule is CCCCCCCCCCN(CCCCCCCCCC)C(=O)CCCCCCCC(OC(=O)CCC(=O)O)C(CCCCCCCC)OC(=O)CCC(=O)O. The predicted octanol–water partition coefficient (Wildman–Crippen LogP) is 12.1. The molecule has 56 heavy (non-hydrogen) atoms. The second-order valence-electron chi connectivity index (χ2n) is 16.0. The number of hydrogen-bond donors (Lipinski definition) is 2. The highest BCUT2D eigenvalue weighted by Gasteiger charge is 2.29. The van der Waals surface area contributed by atoms with Gasteiger partial charge in [0, 0.05) is 19.5 Å². The van der Waals surface area contributed by atoms with Gasteiger partial charge in [0.15, 0.2) is 0 Å². The second-order valence-corrected chi connectivity index (χ2v) is 16.0. The first-order chi connectivity index (χ1) is 27.1. The summed E-state index contributed by atoms with van der Waals surface area (Å²) in [5.41, 5.74) is 0. The summed E-state index contributed by atoms with van der Waals surface area (Å²) in [4.78, 5) is 62.9. The average molecular weight is 796 g/mol. The maximum Gasteiger partial charge on any atom is 0.306 e. The van der Waals surface area contributed by atoms with Crippen molar-refractivity contribution < 1.29 is 43.7 Å². The van der Waals surface area contributed by atoms with Gasteiger partial charge >= 0.3 is 23.9 Å². The Morgan fingerprint density at radius 2 is 0.696 bits per heavy atom. The summed E-state index contributed by atoms with van der Waals surface area (Å²) >= 11 is 0. The Bertz CT molecular complexity index is 968. The quantitative estimate of drug-likeness (QED) is 0.0455. The van der Waals surface area contributed by atoms with Crippen LogP contribution in [0.3, 0.4) is 0 Å². The molecule has 0 aromatic rings. The van der Waals surface area contributed by atoms with E-state index in [1.165, 1.54) is 89.9 Å². The van der Waals surface area contributed by atoms with Crippen LogP contribution in [-0.2, 0) is 33.4 Å². The van der Waals surface area contributed by atoms with Crippen LogP contribution in [0.25, 0.3) is 0 Å². The molecule has 0 fully saturated rings. The maximum absolute atomic E-state index is 13.4. The van der Waals surface area contributed by atoms with E-state index in [0.717, 1.165) is 90.1 Å². The Hall–Kier alpha value is -2.65. The van der Waals surface area contributed by atoms with Gasteiger partial charge in [0.2, 0.25) is 5.91 Å². The molecule has 10 heteroatoms. The van der Waals surface area contributed by atoms with Crippen LogP contribution in [-0.4, -0.2) is 70.2 Å². The lowest BCUT2D eigenvalue weighted by atomic mass is 9.99. The summed E-state index contributed by atoms with van der Waals surface area (Å²) in [5, 5.41) is 18.1. The Morgan fingerprint density at radius 1 is 0.393 bits per heavy atom. The lowest BCUT2D eigenvalue weighted by Crippen LogP contribution is -2.35. The van der Waals surface area contributed by atoms with Gasteiger partial charge < -0.3 is 24.6 Å². The number of amides is 1. The number of rotatable bonds is 42. The fourth-order valence-electron chi connectivity index (χ4n) is 7.19. The molecule has 2 unspecified atom stereocenters. The first-order valence-electron chi connectivity index (χ1n) is 23.2. The van der Waals surface area contributed by atoms with Gasteiger partial charge in [-0.15, -0.1) is 0 Å². The third-order valence-electron chi connectivity index (χ3n) is 10.7. The van der Waals surface area contributed by atoms with Crippen molar-refractivity contribution in [2.75, 3.05) is 13.1 Å². The lowest BCUT2D eigenvalue weighted by molar-refractivity contribution is -0.170. The first kappa shape index (κ1) is 53.4. The number of aliphatic carboxylic acids is 2. The van der Waals surface area contributed by atoms with E-state index >= 15 is 0 Å². The summed E-state index contributed by atoms with van der Waals surface area (Å²) in [6, 6.07) is 0. The van der Waals surface area contributed by atoms with Crippen molar-refractivity contribution >= 4 is 29.8 Å². The number of carboxylic acids is 2. The summed E-state index contributed by atoms with van der Waals surface area (Å²) in [7, 11) is 0. The average Bonchev–Trinajstić information content (AvgIpc) is 3.17. The van der Waals surface area contributed by atoms with Crippen LogP contribution in [0.2, 0.25) is 0 Å². The summed E-state index contributed by atoms with van der Waals surface area (Å²) < 4.78 is 11.5. The van der Waals surface area contributed by atoms with E-state index in [9.17, 15) is 24.0 Å². The number of hydrogen-bond acceptors (Lipinski definition) is 7. The van der Waals surface area contributed by atoms with Crippen LogP contribution in [0.15, 0.2) is 0 Å². The van der Waals surface area contributed by atoms with Gasteiger partial charge in [0.25, 0.3) is 0 Å². The minimum Gasteiger partial charge on any atom is -0.481 e. The first-order valence-corrected chi connectivity index (χ1v) is 23.2. The van der Waals surface area contributed by atoms with Crippen LogP contribution in [0.4, 0.5) is 0 Å². The zero-order valence-corrected chi connectivity index (χ0v) is 36.3. The number of carbonyl (C=O) groups excluding carboxylic acids is 3. The van der Waals surface area contributed by atoms with Gasteiger partial charge in [-0.3, -0.25) is 24.0 Å². The Labute approximate surface area is 342 Å². The Balaban J connectivity index is 5.10.